The summed E-state index contributed by atoms with van der Waals surface area (Å²) in [5.41, 5.74) is 5.95. The molecule has 0 aromatic heterocycles. The molecule has 0 saturated carbocycles. The first-order chi connectivity index (χ1) is 15.7. The van der Waals surface area contributed by atoms with Crippen LogP contribution in [0.3, 0.4) is 0 Å². The van der Waals surface area contributed by atoms with Crippen molar-refractivity contribution in [3.63, 3.8) is 0 Å². The molecule has 3 heteroatoms. The van der Waals surface area contributed by atoms with Crippen molar-refractivity contribution in [2.24, 2.45) is 5.92 Å². The molecule has 1 saturated heterocycles. The lowest BCUT2D eigenvalue weighted by Gasteiger charge is -2.38. The first-order valence-corrected chi connectivity index (χ1v) is 11.7. The summed E-state index contributed by atoms with van der Waals surface area (Å²) in [4.78, 5) is 2.46. The minimum Gasteiger partial charge on any atom is -0.508 e. The Morgan fingerprint density at radius 1 is 0.844 bits per heavy atom. The largest absolute Gasteiger partial charge is 0.508 e. The predicted molar refractivity (Wildman–Crippen MR) is 133 cm³/mol. The van der Waals surface area contributed by atoms with Gasteiger partial charge in [-0.2, -0.15) is 0 Å². The third-order valence-electron chi connectivity index (χ3n) is 6.36. The number of allylic oxidation sites excluding steroid dienone is 1. The summed E-state index contributed by atoms with van der Waals surface area (Å²) in [5, 5.41) is 9.79. The van der Waals surface area contributed by atoms with Crippen LogP contribution in [-0.2, 0) is 0 Å². The maximum atomic E-state index is 9.79. The van der Waals surface area contributed by atoms with Crippen LogP contribution in [0.25, 0.3) is 11.1 Å². The van der Waals surface area contributed by atoms with Gasteiger partial charge in [-0.25, -0.2) is 0 Å². The Balaban J connectivity index is 1.56. The molecule has 3 aromatic rings. The van der Waals surface area contributed by atoms with Crippen LogP contribution in [0.1, 0.15) is 43.4 Å². The molecule has 0 atom stereocenters. The summed E-state index contributed by atoms with van der Waals surface area (Å²) in [5.74, 6) is 2.06. The van der Waals surface area contributed by atoms with Crippen molar-refractivity contribution in [1.82, 2.24) is 4.90 Å². The Morgan fingerprint density at radius 3 is 2.06 bits per heavy atom. The summed E-state index contributed by atoms with van der Waals surface area (Å²) >= 11 is 0. The van der Waals surface area contributed by atoms with Gasteiger partial charge in [-0.15, -0.1) is 0 Å². The molecule has 0 unspecified atom stereocenters. The van der Waals surface area contributed by atoms with E-state index in [4.69, 9.17) is 4.74 Å². The van der Waals surface area contributed by atoms with Gasteiger partial charge in [0.15, 0.2) is 0 Å². The van der Waals surface area contributed by atoms with Gasteiger partial charge in [0.1, 0.15) is 18.1 Å². The Morgan fingerprint density at radius 2 is 1.47 bits per heavy atom. The molecule has 1 aliphatic rings. The Hall–Kier alpha value is -3.04. The van der Waals surface area contributed by atoms with Crippen molar-refractivity contribution >= 4 is 11.1 Å². The number of hydrogen-bond acceptors (Lipinski definition) is 3. The van der Waals surface area contributed by atoms with Gasteiger partial charge in [-0.3, -0.25) is 4.90 Å². The first kappa shape index (κ1) is 22.2. The lowest BCUT2D eigenvalue weighted by Crippen LogP contribution is -2.47. The van der Waals surface area contributed by atoms with Crippen LogP contribution in [-0.4, -0.2) is 36.2 Å². The van der Waals surface area contributed by atoms with Crippen LogP contribution >= 0.6 is 0 Å². The number of rotatable bonds is 9. The summed E-state index contributed by atoms with van der Waals surface area (Å²) in [7, 11) is 0. The van der Waals surface area contributed by atoms with E-state index in [1.54, 1.807) is 12.1 Å². The number of hydrogen-bond donors (Lipinski definition) is 1. The van der Waals surface area contributed by atoms with Crippen LogP contribution in [0.4, 0.5) is 0 Å². The number of nitrogens with zero attached hydrogens (tertiary/aromatic N) is 1. The highest BCUT2D eigenvalue weighted by Gasteiger charge is 2.24. The smallest absolute Gasteiger partial charge is 0.119 e. The number of aromatic hydroxyl groups is 1. The van der Waals surface area contributed by atoms with Crippen molar-refractivity contribution < 1.29 is 9.84 Å². The highest BCUT2D eigenvalue weighted by atomic mass is 16.5. The van der Waals surface area contributed by atoms with E-state index < -0.39 is 0 Å². The van der Waals surface area contributed by atoms with Crippen LogP contribution < -0.4 is 4.74 Å². The molecule has 1 fully saturated rings. The van der Waals surface area contributed by atoms with Gasteiger partial charge >= 0.3 is 0 Å². The Kier molecular flexibility index (Phi) is 7.28. The molecule has 32 heavy (non-hydrogen) atoms. The van der Waals surface area contributed by atoms with Crippen LogP contribution in [0.2, 0.25) is 0 Å². The normalized spacial score (nSPS) is 15.2. The maximum absolute atomic E-state index is 9.79. The zero-order chi connectivity index (χ0) is 22.3. The van der Waals surface area contributed by atoms with Crippen molar-refractivity contribution in [2.75, 3.05) is 26.2 Å². The Labute approximate surface area is 192 Å². The molecule has 166 valence electrons. The van der Waals surface area contributed by atoms with Crippen LogP contribution in [0.5, 0.6) is 11.5 Å². The predicted octanol–water partition coefficient (Wildman–Crippen LogP) is 6.48. The molecule has 0 bridgehead atoms. The second kappa shape index (κ2) is 10.5. The Bertz CT molecular complexity index is 1020. The van der Waals surface area contributed by atoms with Crippen LogP contribution in [0, 0.1) is 5.92 Å². The molecule has 0 spiro atoms. The van der Waals surface area contributed by atoms with Crippen molar-refractivity contribution in [3.05, 3.63) is 95.6 Å². The van der Waals surface area contributed by atoms with Gasteiger partial charge in [0.05, 0.1) is 0 Å². The molecule has 0 radical (unpaired) electrons. The minimum absolute atomic E-state index is 0.280. The van der Waals surface area contributed by atoms with Gasteiger partial charge in [0.25, 0.3) is 0 Å². The molecule has 1 aliphatic heterocycles. The zero-order valence-electron chi connectivity index (χ0n) is 19.1. The molecule has 1 N–H and O–H groups in total. The molecular formula is C29H33NO2. The SMILES string of the molecule is CC/C(=C(\c1ccc(O)cc1)c1ccc(OCCN2CC(CC)C2)cc1)c1ccccc1. The van der Waals surface area contributed by atoms with E-state index in [0.717, 1.165) is 42.4 Å². The van der Waals surface area contributed by atoms with Gasteiger partial charge in [0.2, 0.25) is 0 Å². The minimum atomic E-state index is 0.280. The number of likely N-dealkylation sites (tertiary alicyclic amines) is 1. The fourth-order valence-electron chi connectivity index (χ4n) is 4.44. The summed E-state index contributed by atoms with van der Waals surface area (Å²) in [6.45, 7) is 8.59. The van der Waals surface area contributed by atoms with Crippen molar-refractivity contribution in [3.8, 4) is 11.5 Å². The van der Waals surface area contributed by atoms with Gasteiger partial charge < -0.3 is 9.84 Å². The third kappa shape index (κ3) is 5.23. The highest BCUT2D eigenvalue weighted by Crippen LogP contribution is 2.35. The number of ether oxygens (including phenoxy) is 1. The van der Waals surface area contributed by atoms with E-state index in [1.165, 1.54) is 36.2 Å². The van der Waals surface area contributed by atoms with E-state index in [9.17, 15) is 5.11 Å². The topological polar surface area (TPSA) is 32.7 Å². The van der Waals surface area contributed by atoms with E-state index in [1.807, 2.05) is 18.2 Å². The second-order valence-corrected chi connectivity index (χ2v) is 8.53. The summed E-state index contributed by atoms with van der Waals surface area (Å²) in [6.07, 6.45) is 2.19. The molecular weight excluding hydrogens is 394 g/mol. The van der Waals surface area contributed by atoms with E-state index >= 15 is 0 Å². The van der Waals surface area contributed by atoms with E-state index in [0.29, 0.717) is 0 Å². The quantitative estimate of drug-likeness (QED) is 0.397. The standard InChI is InChI=1S/C29H33NO2/c1-3-22-20-30(21-22)18-19-32-27-16-12-25(13-17-27)29(24-10-14-26(31)15-11-24)28(4-2)23-8-6-5-7-9-23/h5-17,22,31H,3-4,18-21H2,1-2H3/b29-28-. The fraction of sp³-hybridized carbons (Fsp3) is 0.310. The third-order valence-corrected chi connectivity index (χ3v) is 6.36. The van der Waals surface area contributed by atoms with Crippen molar-refractivity contribution in [1.29, 1.82) is 0 Å². The average molecular weight is 428 g/mol. The molecule has 0 amide bonds. The van der Waals surface area contributed by atoms with Gasteiger partial charge in [-0.05, 0) is 64.4 Å². The summed E-state index contributed by atoms with van der Waals surface area (Å²) in [6, 6.07) is 26.5. The molecule has 4 rings (SSSR count). The average Bonchev–Trinajstić information content (AvgIpc) is 2.81. The first-order valence-electron chi connectivity index (χ1n) is 11.7. The van der Waals surface area contributed by atoms with E-state index in [2.05, 4.69) is 67.3 Å². The zero-order valence-corrected chi connectivity index (χ0v) is 19.1. The molecule has 1 heterocycles. The van der Waals surface area contributed by atoms with Crippen molar-refractivity contribution in [2.45, 2.75) is 26.7 Å². The summed E-state index contributed by atoms with van der Waals surface area (Å²) < 4.78 is 6.02. The molecule has 3 nitrogen and oxygen atoms in total. The second-order valence-electron chi connectivity index (χ2n) is 8.53. The molecule has 0 aliphatic carbocycles. The molecule has 3 aromatic carbocycles. The number of phenolic OH excluding ortho intramolecular Hbond substituents is 1. The van der Waals surface area contributed by atoms with Gasteiger partial charge in [-0.1, -0.05) is 74.9 Å². The monoisotopic (exact) mass is 427 g/mol. The highest BCUT2D eigenvalue weighted by molar-refractivity contribution is 5.98. The number of phenols is 1. The van der Waals surface area contributed by atoms with Gasteiger partial charge in [0, 0.05) is 19.6 Å². The fourth-order valence-corrected chi connectivity index (χ4v) is 4.44. The van der Waals surface area contributed by atoms with Crippen LogP contribution in [0.15, 0.2) is 78.9 Å². The lowest BCUT2D eigenvalue weighted by molar-refractivity contribution is 0.0806. The lowest BCUT2D eigenvalue weighted by atomic mass is 9.88. The van der Waals surface area contributed by atoms with E-state index in [-0.39, 0.29) is 5.75 Å². The maximum Gasteiger partial charge on any atom is 0.119 e. The number of benzene rings is 3.